The first-order valence-electron chi connectivity index (χ1n) is 6.99. The van der Waals surface area contributed by atoms with Crippen LogP contribution in [0, 0.1) is 13.8 Å². The molecule has 0 aliphatic carbocycles. The SMILES string of the molecule is Cc1ccc(C(=O)N2CCc3nc(C)[nH]c(=O)c3C2)cc1. The van der Waals surface area contributed by atoms with Gasteiger partial charge in [-0.2, -0.15) is 0 Å². The van der Waals surface area contributed by atoms with Gasteiger partial charge in [-0.1, -0.05) is 17.7 Å². The van der Waals surface area contributed by atoms with E-state index in [1.165, 1.54) is 0 Å². The minimum absolute atomic E-state index is 0.0411. The summed E-state index contributed by atoms with van der Waals surface area (Å²) in [5.41, 5.74) is 3.04. The van der Waals surface area contributed by atoms with Gasteiger partial charge in [-0.3, -0.25) is 9.59 Å². The number of nitrogens with zero attached hydrogens (tertiary/aromatic N) is 2. The molecule has 3 rings (SSSR count). The Kier molecular flexibility index (Phi) is 3.33. The van der Waals surface area contributed by atoms with Crippen molar-refractivity contribution in [1.82, 2.24) is 14.9 Å². The Morgan fingerprint density at radius 1 is 1.24 bits per heavy atom. The molecule has 0 saturated carbocycles. The van der Waals surface area contributed by atoms with Crippen LogP contribution in [-0.2, 0) is 13.0 Å². The van der Waals surface area contributed by atoms with Crippen LogP contribution in [-0.4, -0.2) is 27.3 Å². The van der Waals surface area contributed by atoms with Crippen LogP contribution in [0.3, 0.4) is 0 Å². The number of rotatable bonds is 1. The number of carbonyl (C=O) groups excluding carboxylic acids is 1. The smallest absolute Gasteiger partial charge is 0.256 e. The molecule has 0 saturated heterocycles. The van der Waals surface area contributed by atoms with E-state index in [9.17, 15) is 9.59 Å². The van der Waals surface area contributed by atoms with E-state index in [4.69, 9.17) is 0 Å². The Morgan fingerprint density at radius 3 is 2.67 bits per heavy atom. The van der Waals surface area contributed by atoms with Crippen molar-refractivity contribution < 1.29 is 4.79 Å². The minimum Gasteiger partial charge on any atom is -0.334 e. The van der Waals surface area contributed by atoms with Crippen LogP contribution in [0.25, 0.3) is 0 Å². The van der Waals surface area contributed by atoms with Crippen molar-refractivity contribution in [2.45, 2.75) is 26.8 Å². The van der Waals surface area contributed by atoms with Crippen LogP contribution < -0.4 is 5.56 Å². The third kappa shape index (κ3) is 2.59. The molecule has 1 aliphatic rings. The predicted molar refractivity (Wildman–Crippen MR) is 79.2 cm³/mol. The van der Waals surface area contributed by atoms with Gasteiger partial charge in [-0.15, -0.1) is 0 Å². The van der Waals surface area contributed by atoms with Crippen molar-refractivity contribution in [3.63, 3.8) is 0 Å². The third-order valence-electron chi connectivity index (χ3n) is 3.77. The molecular weight excluding hydrogens is 266 g/mol. The maximum atomic E-state index is 12.5. The minimum atomic E-state index is -0.140. The van der Waals surface area contributed by atoms with Gasteiger partial charge in [0, 0.05) is 18.5 Å². The van der Waals surface area contributed by atoms with Crippen molar-refractivity contribution in [3.05, 3.63) is 62.8 Å². The lowest BCUT2D eigenvalue weighted by Gasteiger charge is -2.27. The zero-order valence-electron chi connectivity index (χ0n) is 12.1. The van der Waals surface area contributed by atoms with Crippen molar-refractivity contribution in [1.29, 1.82) is 0 Å². The number of H-pyrrole nitrogens is 1. The highest BCUT2D eigenvalue weighted by molar-refractivity contribution is 5.94. The summed E-state index contributed by atoms with van der Waals surface area (Å²) in [6.07, 6.45) is 0.623. The Hall–Kier alpha value is -2.43. The van der Waals surface area contributed by atoms with Crippen molar-refractivity contribution >= 4 is 5.91 Å². The fourth-order valence-electron chi connectivity index (χ4n) is 2.60. The number of carbonyl (C=O) groups is 1. The predicted octanol–water partition coefficient (Wildman–Crippen LogP) is 1.59. The topological polar surface area (TPSA) is 66.1 Å². The summed E-state index contributed by atoms with van der Waals surface area (Å²) in [5.74, 6) is 0.581. The molecule has 2 heterocycles. The summed E-state index contributed by atoms with van der Waals surface area (Å²) < 4.78 is 0. The highest BCUT2D eigenvalue weighted by Crippen LogP contribution is 2.16. The molecule has 0 atom stereocenters. The largest absolute Gasteiger partial charge is 0.334 e. The molecule has 1 amide bonds. The molecule has 108 valence electrons. The number of benzene rings is 1. The first-order valence-corrected chi connectivity index (χ1v) is 6.99. The van der Waals surface area contributed by atoms with Crippen LogP contribution >= 0.6 is 0 Å². The van der Waals surface area contributed by atoms with E-state index < -0.39 is 0 Å². The average Bonchev–Trinajstić information content (AvgIpc) is 2.47. The van der Waals surface area contributed by atoms with Crippen LogP contribution in [0.15, 0.2) is 29.1 Å². The monoisotopic (exact) mass is 283 g/mol. The maximum absolute atomic E-state index is 12.5. The zero-order chi connectivity index (χ0) is 15.0. The number of nitrogens with one attached hydrogen (secondary N) is 1. The third-order valence-corrected chi connectivity index (χ3v) is 3.77. The fourth-order valence-corrected chi connectivity index (χ4v) is 2.60. The second-order valence-corrected chi connectivity index (χ2v) is 5.42. The Balaban J connectivity index is 1.87. The summed E-state index contributed by atoms with van der Waals surface area (Å²) in [6, 6.07) is 7.49. The molecule has 5 nitrogen and oxygen atoms in total. The van der Waals surface area contributed by atoms with Crippen LogP contribution in [0.4, 0.5) is 0 Å². The van der Waals surface area contributed by atoms with Gasteiger partial charge in [0.1, 0.15) is 5.82 Å². The van der Waals surface area contributed by atoms with Gasteiger partial charge >= 0.3 is 0 Å². The first kappa shape index (κ1) is 13.5. The van der Waals surface area contributed by atoms with Crippen LogP contribution in [0.2, 0.25) is 0 Å². The lowest BCUT2D eigenvalue weighted by molar-refractivity contribution is 0.0732. The van der Waals surface area contributed by atoms with Gasteiger partial charge < -0.3 is 9.88 Å². The van der Waals surface area contributed by atoms with E-state index in [0.29, 0.717) is 36.5 Å². The molecule has 0 bridgehead atoms. The number of aryl methyl sites for hydroxylation is 2. The van der Waals surface area contributed by atoms with Gasteiger partial charge in [-0.05, 0) is 26.0 Å². The van der Waals surface area contributed by atoms with E-state index in [2.05, 4.69) is 9.97 Å². The lowest BCUT2D eigenvalue weighted by Crippen LogP contribution is -2.39. The normalized spacial score (nSPS) is 13.9. The van der Waals surface area contributed by atoms with Gasteiger partial charge in [-0.25, -0.2) is 4.98 Å². The molecule has 1 aliphatic heterocycles. The Morgan fingerprint density at radius 2 is 1.95 bits per heavy atom. The van der Waals surface area contributed by atoms with Gasteiger partial charge in [0.15, 0.2) is 0 Å². The van der Waals surface area contributed by atoms with Gasteiger partial charge in [0.05, 0.1) is 17.8 Å². The summed E-state index contributed by atoms with van der Waals surface area (Å²) in [4.78, 5) is 33.3. The van der Waals surface area contributed by atoms with E-state index in [0.717, 1.165) is 11.3 Å². The molecule has 0 unspecified atom stereocenters. The van der Waals surface area contributed by atoms with Gasteiger partial charge in [0.2, 0.25) is 0 Å². The van der Waals surface area contributed by atoms with E-state index >= 15 is 0 Å². The van der Waals surface area contributed by atoms with Crippen LogP contribution in [0.5, 0.6) is 0 Å². The molecule has 1 aromatic heterocycles. The Bertz CT molecular complexity index is 747. The van der Waals surface area contributed by atoms with Gasteiger partial charge in [0.25, 0.3) is 11.5 Å². The molecule has 2 aromatic rings. The summed E-state index contributed by atoms with van der Waals surface area (Å²) in [7, 11) is 0. The number of aromatic amines is 1. The van der Waals surface area contributed by atoms with E-state index in [1.54, 1.807) is 11.8 Å². The van der Waals surface area contributed by atoms with Crippen molar-refractivity contribution in [2.75, 3.05) is 6.54 Å². The second kappa shape index (κ2) is 5.16. The summed E-state index contributed by atoms with van der Waals surface area (Å²) >= 11 is 0. The average molecular weight is 283 g/mol. The summed E-state index contributed by atoms with van der Waals surface area (Å²) in [6.45, 7) is 4.67. The molecular formula is C16H17N3O2. The molecule has 21 heavy (non-hydrogen) atoms. The first-order chi connectivity index (χ1) is 10.0. The number of hydrogen-bond donors (Lipinski definition) is 1. The zero-order valence-corrected chi connectivity index (χ0v) is 12.1. The summed E-state index contributed by atoms with van der Waals surface area (Å²) in [5, 5.41) is 0. The number of aromatic nitrogens is 2. The second-order valence-electron chi connectivity index (χ2n) is 5.42. The number of hydrogen-bond acceptors (Lipinski definition) is 3. The highest BCUT2D eigenvalue weighted by atomic mass is 16.2. The standard InChI is InChI=1S/C16H17N3O2/c1-10-3-5-12(6-4-10)16(21)19-8-7-14-13(9-19)15(20)18-11(2)17-14/h3-6H,7-9H2,1-2H3,(H,17,18,20). The van der Waals surface area contributed by atoms with E-state index in [-0.39, 0.29) is 11.5 Å². The quantitative estimate of drug-likeness (QED) is 0.864. The molecule has 0 fully saturated rings. The van der Waals surface area contributed by atoms with Crippen LogP contribution in [0.1, 0.15) is 33.0 Å². The lowest BCUT2D eigenvalue weighted by atomic mass is 10.1. The molecule has 0 spiro atoms. The fraction of sp³-hybridized carbons (Fsp3) is 0.312. The number of fused-ring (bicyclic) bond motifs is 1. The maximum Gasteiger partial charge on any atom is 0.256 e. The highest BCUT2D eigenvalue weighted by Gasteiger charge is 2.24. The molecule has 1 N–H and O–H groups in total. The van der Waals surface area contributed by atoms with E-state index in [1.807, 2.05) is 31.2 Å². The molecule has 5 heteroatoms. The van der Waals surface area contributed by atoms with Crippen molar-refractivity contribution in [3.8, 4) is 0 Å². The molecule has 1 aromatic carbocycles. The Labute approximate surface area is 122 Å². The van der Waals surface area contributed by atoms with Crippen molar-refractivity contribution in [2.24, 2.45) is 0 Å². The molecule has 0 radical (unpaired) electrons. The number of amides is 1.